The van der Waals surface area contributed by atoms with E-state index in [-0.39, 0.29) is 10.6 Å². The number of carboxylic acid groups (broad SMARTS) is 2. The lowest BCUT2D eigenvalue weighted by molar-refractivity contribution is -0.383. The molecular weight excluding hydrogens is 494 g/mol. The molecule has 1 aromatic heterocycles. The molecule has 0 spiro atoms. The summed E-state index contributed by atoms with van der Waals surface area (Å²) in [6.07, 6.45) is -8.48. The molecule has 0 aliphatic carbocycles. The van der Waals surface area contributed by atoms with Crippen LogP contribution in [0.2, 0.25) is 0 Å². The lowest BCUT2D eigenvalue weighted by atomic mass is 10.1. The number of non-ortho nitro benzene ring substituents is 1. The molecule has 194 valence electrons. The van der Waals surface area contributed by atoms with Gasteiger partial charge in [0.1, 0.15) is 5.52 Å². The number of halogens is 6. The molecule has 1 saturated heterocycles. The number of fused-ring (bicyclic) bond motifs is 1. The van der Waals surface area contributed by atoms with Gasteiger partial charge in [-0.3, -0.25) is 15.1 Å². The van der Waals surface area contributed by atoms with Crippen LogP contribution < -0.4 is 10.2 Å². The van der Waals surface area contributed by atoms with Gasteiger partial charge >= 0.3 is 24.3 Å². The van der Waals surface area contributed by atoms with Crippen LogP contribution in [0.25, 0.3) is 10.9 Å². The van der Waals surface area contributed by atoms with E-state index in [1.165, 1.54) is 0 Å². The Labute approximate surface area is 193 Å². The SMILES string of the molecule is CC1CN(c2ccc([N+](=O)[O-])c3cccnc23)CC(C)N1.O=C(O)C(F)(F)F.O=C(O)C(F)(F)F. The van der Waals surface area contributed by atoms with Crippen molar-refractivity contribution in [2.45, 2.75) is 38.3 Å². The number of aromatic nitrogens is 1. The number of rotatable bonds is 2. The van der Waals surface area contributed by atoms with Gasteiger partial charge in [0.15, 0.2) is 0 Å². The van der Waals surface area contributed by atoms with Gasteiger partial charge in [-0.2, -0.15) is 26.3 Å². The number of hydrogen-bond donors (Lipinski definition) is 3. The second-order valence-corrected chi connectivity index (χ2v) is 7.24. The van der Waals surface area contributed by atoms with Crippen molar-refractivity contribution in [1.29, 1.82) is 0 Å². The first-order valence-corrected chi connectivity index (χ1v) is 9.58. The molecule has 2 unspecified atom stereocenters. The third-order valence-electron chi connectivity index (χ3n) is 4.31. The number of hydrogen-bond acceptors (Lipinski definition) is 7. The number of piperazine rings is 1. The minimum atomic E-state index is -5.08. The van der Waals surface area contributed by atoms with Gasteiger partial charge in [-0.1, -0.05) is 0 Å². The molecule has 0 saturated carbocycles. The number of carbonyl (C=O) groups is 2. The van der Waals surface area contributed by atoms with Crippen molar-refractivity contribution in [2.75, 3.05) is 18.0 Å². The fraction of sp³-hybridized carbons (Fsp3) is 0.421. The van der Waals surface area contributed by atoms with E-state index in [1.54, 1.807) is 24.4 Å². The molecule has 0 radical (unpaired) electrons. The Bertz CT molecular complexity index is 1030. The Morgan fingerprint density at radius 1 is 1.03 bits per heavy atom. The highest BCUT2D eigenvalue weighted by molar-refractivity contribution is 5.97. The van der Waals surface area contributed by atoms with Crippen LogP contribution in [0.15, 0.2) is 30.5 Å². The monoisotopic (exact) mass is 514 g/mol. The van der Waals surface area contributed by atoms with Crippen molar-refractivity contribution in [2.24, 2.45) is 0 Å². The third kappa shape index (κ3) is 8.88. The van der Waals surface area contributed by atoms with Crippen molar-refractivity contribution in [1.82, 2.24) is 10.3 Å². The van der Waals surface area contributed by atoms with Gasteiger partial charge in [-0.05, 0) is 32.0 Å². The fourth-order valence-corrected chi connectivity index (χ4v) is 3.08. The minimum Gasteiger partial charge on any atom is -0.475 e. The quantitative estimate of drug-likeness (QED) is 0.311. The van der Waals surface area contributed by atoms with E-state index >= 15 is 0 Å². The van der Waals surface area contributed by atoms with Gasteiger partial charge in [-0.25, -0.2) is 9.59 Å². The van der Waals surface area contributed by atoms with E-state index in [9.17, 15) is 36.5 Å². The highest BCUT2D eigenvalue weighted by Gasteiger charge is 2.38. The zero-order valence-corrected chi connectivity index (χ0v) is 18.1. The largest absolute Gasteiger partial charge is 0.490 e. The lowest BCUT2D eigenvalue weighted by Gasteiger charge is -2.37. The molecule has 2 atom stereocenters. The van der Waals surface area contributed by atoms with Crippen molar-refractivity contribution in [3.8, 4) is 0 Å². The first kappa shape index (κ1) is 29.3. The predicted octanol–water partition coefficient (Wildman–Crippen LogP) is 3.60. The molecule has 0 bridgehead atoms. The maximum Gasteiger partial charge on any atom is 0.490 e. The zero-order chi connectivity index (χ0) is 27.1. The summed E-state index contributed by atoms with van der Waals surface area (Å²) in [5, 5.41) is 29.5. The fourth-order valence-electron chi connectivity index (χ4n) is 3.08. The summed E-state index contributed by atoms with van der Waals surface area (Å²) in [6.45, 7) is 6.02. The molecule has 35 heavy (non-hydrogen) atoms. The Balaban J connectivity index is 0.000000362. The van der Waals surface area contributed by atoms with E-state index < -0.39 is 24.3 Å². The van der Waals surface area contributed by atoms with Crippen LogP contribution in [0.1, 0.15) is 13.8 Å². The standard InChI is InChI=1S/C15H18N4O2.2C2HF3O2/c1-10-8-18(9-11(2)17-10)14-6-5-13(19(20)21)12-4-3-7-16-15(12)14;2*3-2(4,5)1(6)7/h3-7,10-11,17H,8-9H2,1-2H3;2*(H,6,7). The summed E-state index contributed by atoms with van der Waals surface area (Å²) in [6, 6.07) is 7.65. The average molecular weight is 514 g/mol. The minimum absolute atomic E-state index is 0.109. The number of carboxylic acids is 2. The number of benzene rings is 1. The molecule has 2 heterocycles. The number of anilines is 1. The number of nitro benzene ring substituents is 1. The molecule has 1 fully saturated rings. The predicted molar refractivity (Wildman–Crippen MR) is 110 cm³/mol. The smallest absolute Gasteiger partial charge is 0.475 e. The first-order chi connectivity index (χ1) is 15.9. The second kappa shape index (κ2) is 11.6. The van der Waals surface area contributed by atoms with Gasteiger partial charge in [-0.15, -0.1) is 0 Å². The highest BCUT2D eigenvalue weighted by Crippen LogP contribution is 2.32. The van der Waals surface area contributed by atoms with Crippen molar-refractivity contribution in [3.63, 3.8) is 0 Å². The van der Waals surface area contributed by atoms with Crippen LogP contribution in [-0.2, 0) is 9.59 Å². The summed E-state index contributed by atoms with van der Waals surface area (Å²) in [7, 11) is 0. The first-order valence-electron chi connectivity index (χ1n) is 9.58. The van der Waals surface area contributed by atoms with E-state index in [2.05, 4.69) is 29.0 Å². The Hall–Kier alpha value is -3.69. The summed E-state index contributed by atoms with van der Waals surface area (Å²) >= 11 is 0. The van der Waals surface area contributed by atoms with Gasteiger partial charge in [0, 0.05) is 37.4 Å². The maximum absolute atomic E-state index is 11.2. The molecule has 1 aliphatic heterocycles. The molecule has 10 nitrogen and oxygen atoms in total. The van der Waals surface area contributed by atoms with Crippen molar-refractivity contribution in [3.05, 3.63) is 40.6 Å². The number of alkyl halides is 6. The number of aliphatic carboxylic acids is 2. The molecular formula is C19H20F6N4O6. The second-order valence-electron chi connectivity index (χ2n) is 7.24. The molecule has 0 amide bonds. The van der Waals surface area contributed by atoms with Crippen molar-refractivity contribution < 1.29 is 51.1 Å². The van der Waals surface area contributed by atoms with Gasteiger partial charge in [0.2, 0.25) is 0 Å². The number of nitro groups is 1. The summed E-state index contributed by atoms with van der Waals surface area (Å²) in [5.41, 5.74) is 1.78. The third-order valence-corrected chi connectivity index (χ3v) is 4.31. The highest BCUT2D eigenvalue weighted by atomic mass is 19.4. The van der Waals surface area contributed by atoms with E-state index in [0.29, 0.717) is 23.0 Å². The topological polar surface area (TPSA) is 146 Å². The van der Waals surface area contributed by atoms with Crippen LogP contribution in [0, 0.1) is 10.1 Å². The van der Waals surface area contributed by atoms with Crippen LogP contribution >= 0.6 is 0 Å². The normalized spacial score (nSPS) is 18.0. The zero-order valence-electron chi connectivity index (χ0n) is 18.1. The van der Waals surface area contributed by atoms with E-state index in [1.807, 2.05) is 6.07 Å². The summed E-state index contributed by atoms with van der Waals surface area (Å²) in [5.74, 6) is -5.51. The number of pyridine rings is 1. The lowest BCUT2D eigenvalue weighted by Crippen LogP contribution is -2.54. The maximum atomic E-state index is 11.2. The Morgan fingerprint density at radius 2 is 1.49 bits per heavy atom. The van der Waals surface area contributed by atoms with Crippen molar-refractivity contribution >= 4 is 34.2 Å². The van der Waals surface area contributed by atoms with Crippen LogP contribution in [0.3, 0.4) is 0 Å². The Kier molecular flexibility index (Phi) is 9.75. The molecule has 3 rings (SSSR count). The van der Waals surface area contributed by atoms with Crippen LogP contribution in [0.5, 0.6) is 0 Å². The van der Waals surface area contributed by atoms with Crippen LogP contribution in [-0.4, -0.2) is 69.6 Å². The average Bonchev–Trinajstić information content (AvgIpc) is 2.71. The molecule has 1 aromatic carbocycles. The van der Waals surface area contributed by atoms with E-state index in [4.69, 9.17) is 19.8 Å². The molecule has 3 N–H and O–H groups in total. The molecule has 16 heteroatoms. The van der Waals surface area contributed by atoms with Gasteiger partial charge < -0.3 is 20.4 Å². The summed E-state index contributed by atoms with van der Waals surface area (Å²) in [4.78, 5) is 35.2. The van der Waals surface area contributed by atoms with Gasteiger partial charge in [0.05, 0.1) is 16.0 Å². The molecule has 2 aromatic rings. The Morgan fingerprint density at radius 3 is 1.89 bits per heavy atom. The summed E-state index contributed by atoms with van der Waals surface area (Å²) < 4.78 is 63.5. The number of nitrogens with one attached hydrogen (secondary N) is 1. The van der Waals surface area contributed by atoms with Crippen LogP contribution in [0.4, 0.5) is 37.7 Å². The number of nitrogens with zero attached hydrogens (tertiary/aromatic N) is 3. The molecule has 1 aliphatic rings. The van der Waals surface area contributed by atoms with Gasteiger partial charge in [0.25, 0.3) is 5.69 Å². The van der Waals surface area contributed by atoms with E-state index in [0.717, 1.165) is 18.8 Å².